The third-order valence-corrected chi connectivity index (χ3v) is 3.90. The molecule has 7 heteroatoms. The summed E-state index contributed by atoms with van der Waals surface area (Å²) in [4.78, 5) is 14.8. The smallest absolute Gasteiger partial charge is 0.292 e. The largest absolute Gasteiger partial charge is 0.380 e. The molecule has 0 fully saturated rings. The monoisotopic (exact) mass is 292 g/mol. The molecule has 0 aliphatic rings. The first-order valence-corrected chi connectivity index (χ1v) is 7.21. The molecule has 20 heavy (non-hydrogen) atoms. The minimum Gasteiger partial charge on any atom is -0.380 e. The van der Waals surface area contributed by atoms with Crippen LogP contribution in [0.2, 0.25) is 0 Å². The Morgan fingerprint density at radius 3 is 2.90 bits per heavy atom. The average molecular weight is 292 g/mol. The van der Waals surface area contributed by atoms with E-state index in [9.17, 15) is 10.1 Å². The second-order valence-electron chi connectivity index (χ2n) is 4.25. The maximum absolute atomic E-state index is 10.9. The van der Waals surface area contributed by atoms with E-state index in [4.69, 9.17) is 0 Å². The summed E-state index contributed by atoms with van der Waals surface area (Å²) in [6.07, 6.45) is 3.64. The van der Waals surface area contributed by atoms with Crippen LogP contribution in [0.25, 0.3) is 0 Å². The fourth-order valence-electron chi connectivity index (χ4n) is 1.80. The molecule has 0 saturated carbocycles. The summed E-state index contributed by atoms with van der Waals surface area (Å²) < 4.78 is 1.95. The second-order valence-corrected chi connectivity index (χ2v) is 5.19. The van der Waals surface area contributed by atoms with Crippen molar-refractivity contribution in [2.24, 2.45) is 7.05 Å². The summed E-state index contributed by atoms with van der Waals surface area (Å²) in [5.74, 6) is 0.723. The van der Waals surface area contributed by atoms with Crippen molar-refractivity contribution < 1.29 is 4.92 Å². The first-order valence-electron chi connectivity index (χ1n) is 6.23. The van der Waals surface area contributed by atoms with Gasteiger partial charge >= 0.3 is 0 Å². The molecule has 6 nitrogen and oxygen atoms in total. The van der Waals surface area contributed by atoms with E-state index in [0.717, 1.165) is 16.5 Å². The van der Waals surface area contributed by atoms with Crippen molar-refractivity contribution in [3.8, 4) is 0 Å². The van der Waals surface area contributed by atoms with E-state index in [0.29, 0.717) is 12.2 Å². The maximum atomic E-state index is 10.9. The highest BCUT2D eigenvalue weighted by Gasteiger charge is 2.13. The van der Waals surface area contributed by atoms with Gasteiger partial charge in [0, 0.05) is 37.8 Å². The molecule has 1 N–H and O–H groups in total. The van der Waals surface area contributed by atoms with Gasteiger partial charge in [0.05, 0.1) is 4.92 Å². The molecule has 2 aromatic rings. The van der Waals surface area contributed by atoms with Gasteiger partial charge in [0.2, 0.25) is 0 Å². The van der Waals surface area contributed by atoms with Crippen molar-refractivity contribution in [2.45, 2.75) is 17.8 Å². The standard InChI is InChI=1S/C13H16N4O2S/c1-3-14-11-8-10(4-5-12(11)17(18)19)9-20-13-15-6-7-16(13)2/h4-8,14H,3,9H2,1-2H3. The van der Waals surface area contributed by atoms with Crippen LogP contribution in [0, 0.1) is 10.1 Å². The molecule has 0 atom stereocenters. The number of nitro groups is 1. The minimum atomic E-state index is -0.367. The van der Waals surface area contributed by atoms with E-state index in [-0.39, 0.29) is 10.6 Å². The van der Waals surface area contributed by atoms with Crippen molar-refractivity contribution in [2.75, 3.05) is 11.9 Å². The van der Waals surface area contributed by atoms with Crippen LogP contribution < -0.4 is 5.32 Å². The van der Waals surface area contributed by atoms with Gasteiger partial charge in [-0.25, -0.2) is 4.98 Å². The number of thioether (sulfide) groups is 1. The first-order chi connectivity index (χ1) is 9.61. The van der Waals surface area contributed by atoms with Crippen LogP contribution in [-0.2, 0) is 12.8 Å². The van der Waals surface area contributed by atoms with Crippen LogP contribution in [0.5, 0.6) is 0 Å². The Morgan fingerprint density at radius 2 is 2.30 bits per heavy atom. The van der Waals surface area contributed by atoms with Crippen LogP contribution in [0.1, 0.15) is 12.5 Å². The highest BCUT2D eigenvalue weighted by atomic mass is 32.2. The number of nitrogens with one attached hydrogen (secondary N) is 1. The van der Waals surface area contributed by atoms with Crippen LogP contribution in [-0.4, -0.2) is 21.0 Å². The van der Waals surface area contributed by atoms with Gasteiger partial charge in [-0.2, -0.15) is 0 Å². The number of aryl methyl sites for hydroxylation is 1. The Hall–Kier alpha value is -2.02. The molecule has 0 radical (unpaired) electrons. The molecule has 0 amide bonds. The number of aromatic nitrogens is 2. The van der Waals surface area contributed by atoms with Crippen molar-refractivity contribution >= 4 is 23.1 Å². The molecule has 0 saturated heterocycles. The van der Waals surface area contributed by atoms with Crippen LogP contribution in [0.15, 0.2) is 35.7 Å². The summed E-state index contributed by atoms with van der Waals surface area (Å²) in [6.45, 7) is 2.57. The first kappa shape index (κ1) is 14.4. The summed E-state index contributed by atoms with van der Waals surface area (Å²) in [7, 11) is 1.94. The third kappa shape index (κ3) is 3.30. The molecule has 1 heterocycles. The zero-order valence-corrected chi connectivity index (χ0v) is 12.2. The number of hydrogen-bond acceptors (Lipinski definition) is 5. The highest BCUT2D eigenvalue weighted by Crippen LogP contribution is 2.28. The van der Waals surface area contributed by atoms with Crippen molar-refractivity contribution in [1.82, 2.24) is 9.55 Å². The lowest BCUT2D eigenvalue weighted by atomic mass is 10.2. The summed E-state index contributed by atoms with van der Waals surface area (Å²) in [5.41, 5.74) is 1.70. The third-order valence-electron chi connectivity index (χ3n) is 2.77. The zero-order valence-electron chi connectivity index (χ0n) is 11.4. The zero-order chi connectivity index (χ0) is 14.5. The van der Waals surface area contributed by atoms with E-state index in [2.05, 4.69) is 10.3 Å². The lowest BCUT2D eigenvalue weighted by Gasteiger charge is -2.07. The number of imidazole rings is 1. The Morgan fingerprint density at radius 1 is 1.50 bits per heavy atom. The molecule has 0 unspecified atom stereocenters. The van der Waals surface area contributed by atoms with Crippen molar-refractivity contribution in [3.63, 3.8) is 0 Å². The van der Waals surface area contributed by atoms with Gasteiger partial charge in [-0.05, 0) is 18.6 Å². The number of nitrogens with zero attached hydrogens (tertiary/aromatic N) is 3. The van der Waals surface area contributed by atoms with E-state index in [1.807, 2.05) is 30.8 Å². The van der Waals surface area contributed by atoms with Gasteiger partial charge in [-0.1, -0.05) is 17.8 Å². The van der Waals surface area contributed by atoms with E-state index < -0.39 is 0 Å². The normalized spacial score (nSPS) is 10.5. The van der Waals surface area contributed by atoms with Gasteiger partial charge in [0.1, 0.15) is 5.69 Å². The van der Waals surface area contributed by atoms with Crippen LogP contribution in [0.4, 0.5) is 11.4 Å². The highest BCUT2D eigenvalue weighted by molar-refractivity contribution is 7.98. The fraction of sp³-hybridized carbons (Fsp3) is 0.308. The van der Waals surface area contributed by atoms with Gasteiger partial charge in [-0.15, -0.1) is 0 Å². The summed E-state index contributed by atoms with van der Waals surface area (Å²) in [6, 6.07) is 5.17. The Bertz CT molecular complexity index is 612. The number of rotatable bonds is 6. The number of nitro benzene ring substituents is 1. The van der Waals surface area contributed by atoms with Crippen molar-refractivity contribution in [1.29, 1.82) is 0 Å². The Balaban J connectivity index is 2.14. The molecule has 0 aliphatic carbocycles. The molecular weight excluding hydrogens is 276 g/mol. The lowest BCUT2D eigenvalue weighted by Crippen LogP contribution is -2.02. The predicted molar refractivity (Wildman–Crippen MR) is 80.0 cm³/mol. The van der Waals surface area contributed by atoms with Gasteiger partial charge in [-0.3, -0.25) is 10.1 Å². The predicted octanol–water partition coefficient (Wildman–Crippen LogP) is 3.05. The van der Waals surface area contributed by atoms with Gasteiger partial charge < -0.3 is 9.88 Å². The number of benzene rings is 1. The Labute approximate surface area is 121 Å². The van der Waals surface area contributed by atoms with Crippen molar-refractivity contribution in [3.05, 3.63) is 46.3 Å². The quantitative estimate of drug-likeness (QED) is 0.503. The van der Waals surface area contributed by atoms with Gasteiger partial charge in [0.15, 0.2) is 5.16 Å². The van der Waals surface area contributed by atoms with Crippen LogP contribution >= 0.6 is 11.8 Å². The fourth-order valence-corrected chi connectivity index (χ4v) is 2.68. The SMILES string of the molecule is CCNc1cc(CSc2nccn2C)ccc1[N+](=O)[O-]. The topological polar surface area (TPSA) is 73.0 Å². The molecule has 2 rings (SSSR count). The molecule has 0 bridgehead atoms. The van der Waals surface area contributed by atoms with E-state index >= 15 is 0 Å². The van der Waals surface area contributed by atoms with E-state index in [1.165, 1.54) is 0 Å². The number of hydrogen-bond donors (Lipinski definition) is 1. The molecule has 1 aromatic heterocycles. The minimum absolute atomic E-state index is 0.109. The number of anilines is 1. The lowest BCUT2D eigenvalue weighted by molar-refractivity contribution is -0.384. The second kappa shape index (κ2) is 6.42. The summed E-state index contributed by atoms with van der Waals surface area (Å²) in [5, 5.41) is 14.9. The molecule has 1 aromatic carbocycles. The van der Waals surface area contributed by atoms with Crippen LogP contribution in [0.3, 0.4) is 0 Å². The maximum Gasteiger partial charge on any atom is 0.292 e. The molecular formula is C13H16N4O2S. The molecule has 0 spiro atoms. The molecule has 0 aliphatic heterocycles. The van der Waals surface area contributed by atoms with E-state index in [1.54, 1.807) is 30.1 Å². The Kier molecular flexibility index (Phi) is 4.62. The average Bonchev–Trinajstić information content (AvgIpc) is 2.82. The summed E-state index contributed by atoms with van der Waals surface area (Å²) >= 11 is 1.60. The van der Waals surface area contributed by atoms with Gasteiger partial charge in [0.25, 0.3) is 5.69 Å². The molecule has 106 valence electrons.